The van der Waals surface area contributed by atoms with Crippen molar-refractivity contribution in [2.75, 3.05) is 26.9 Å². The lowest BCUT2D eigenvalue weighted by atomic mass is 9.74. The molecule has 1 amide bonds. The molecule has 190 valence electrons. The van der Waals surface area contributed by atoms with Gasteiger partial charge in [-0.3, -0.25) is 4.79 Å². The van der Waals surface area contributed by atoms with Gasteiger partial charge in [-0.15, -0.1) is 0 Å². The average Bonchev–Trinajstić information content (AvgIpc) is 3.23. The van der Waals surface area contributed by atoms with Gasteiger partial charge in [0, 0.05) is 37.9 Å². The maximum absolute atomic E-state index is 13.8. The van der Waals surface area contributed by atoms with Crippen LogP contribution in [0.2, 0.25) is 0 Å². The van der Waals surface area contributed by atoms with Crippen LogP contribution in [0.1, 0.15) is 56.4 Å². The summed E-state index contributed by atoms with van der Waals surface area (Å²) < 4.78 is 51.1. The number of fused-ring (bicyclic) bond motifs is 1. The molecule has 1 aromatic rings. The van der Waals surface area contributed by atoms with Crippen molar-refractivity contribution < 1.29 is 32.2 Å². The molecule has 4 rings (SSSR count). The van der Waals surface area contributed by atoms with Crippen molar-refractivity contribution in [2.24, 2.45) is 11.3 Å². The second kappa shape index (κ2) is 9.62. The number of halogens is 3. The molecule has 2 unspecified atom stereocenters. The van der Waals surface area contributed by atoms with Crippen LogP contribution in [-0.4, -0.2) is 55.9 Å². The Morgan fingerprint density at radius 1 is 1.38 bits per heavy atom. The van der Waals surface area contributed by atoms with Gasteiger partial charge in [0.2, 0.25) is 5.91 Å². The first-order valence-corrected chi connectivity index (χ1v) is 12.0. The first-order valence-electron chi connectivity index (χ1n) is 12.0. The number of carbonyl (C=O) groups is 1. The highest BCUT2D eigenvalue weighted by molar-refractivity contribution is 5.83. The molecule has 1 saturated carbocycles. The fourth-order valence-electron chi connectivity index (χ4n) is 5.85. The first kappa shape index (κ1) is 25.2. The van der Waals surface area contributed by atoms with Crippen molar-refractivity contribution in [3.63, 3.8) is 0 Å². The monoisotopic (exact) mass is 485 g/mol. The lowest BCUT2D eigenvalue weighted by Crippen LogP contribution is -2.52. The summed E-state index contributed by atoms with van der Waals surface area (Å²) >= 11 is 0. The number of carbonyl (C=O) groups excluding carboxylic acids is 1. The largest absolute Gasteiger partial charge is 0.618 e. The van der Waals surface area contributed by atoms with Crippen molar-refractivity contribution in [3.05, 3.63) is 34.3 Å². The van der Waals surface area contributed by atoms with E-state index >= 15 is 0 Å². The van der Waals surface area contributed by atoms with Gasteiger partial charge < -0.3 is 24.9 Å². The zero-order chi connectivity index (χ0) is 24.7. The molecule has 3 heterocycles. The van der Waals surface area contributed by atoms with Crippen molar-refractivity contribution in [2.45, 2.75) is 76.9 Å². The maximum Gasteiger partial charge on any atom is 0.422 e. The number of alkyl halides is 3. The van der Waals surface area contributed by atoms with Gasteiger partial charge in [0.1, 0.15) is 5.56 Å². The summed E-state index contributed by atoms with van der Waals surface area (Å²) in [6.07, 6.45) is -0.725. The van der Waals surface area contributed by atoms with E-state index in [1.165, 1.54) is 0 Å². The fourth-order valence-corrected chi connectivity index (χ4v) is 5.85. The number of nitrogens with one attached hydrogen (secondary N) is 1. The Labute approximate surface area is 198 Å². The van der Waals surface area contributed by atoms with Gasteiger partial charge in [0.15, 0.2) is 11.9 Å². The van der Waals surface area contributed by atoms with Crippen molar-refractivity contribution in [3.8, 4) is 0 Å². The number of nitrogens with zero attached hydrogens (tertiary/aromatic N) is 2. The Balaban J connectivity index is 1.50. The molecule has 1 N–H and O–H groups in total. The van der Waals surface area contributed by atoms with Gasteiger partial charge in [0.05, 0.1) is 31.1 Å². The average molecular weight is 486 g/mol. The second-order valence-electron chi connectivity index (χ2n) is 10.2. The van der Waals surface area contributed by atoms with Gasteiger partial charge in [0.25, 0.3) is 0 Å². The highest BCUT2D eigenvalue weighted by atomic mass is 19.4. The summed E-state index contributed by atoms with van der Waals surface area (Å²) in [6.45, 7) is 5.65. The van der Waals surface area contributed by atoms with Gasteiger partial charge in [-0.2, -0.15) is 17.9 Å². The molecule has 0 spiro atoms. The number of hydrogen-bond donors (Lipinski definition) is 1. The standard InChI is InChI=1S/C24H34F3N3O4/c1-15(2)23(7-4-18(11-23)28-19-6-9-34-14-21(19)33-3)22(31)29-8-5-20-16(12-29)10-17(13-30(20)32)24(25,26)27/h10,13,15,18-19,21,28H,4-9,11-12,14H2,1-3H3/t18-,19?,21?,23+/m1/s1. The quantitative estimate of drug-likeness (QED) is 0.513. The van der Waals surface area contributed by atoms with Crippen LogP contribution in [0.5, 0.6) is 0 Å². The molecule has 2 fully saturated rings. The van der Waals surface area contributed by atoms with E-state index in [1.807, 2.05) is 13.8 Å². The molecular weight excluding hydrogens is 451 g/mol. The van der Waals surface area contributed by atoms with E-state index in [0.717, 1.165) is 25.3 Å². The zero-order valence-electron chi connectivity index (χ0n) is 20.0. The summed E-state index contributed by atoms with van der Waals surface area (Å²) in [6, 6.07) is 1.34. The third-order valence-electron chi connectivity index (χ3n) is 7.95. The Morgan fingerprint density at radius 2 is 2.15 bits per heavy atom. The van der Waals surface area contributed by atoms with Crippen LogP contribution in [-0.2, 0) is 33.4 Å². The van der Waals surface area contributed by atoms with Crippen LogP contribution in [0, 0.1) is 16.5 Å². The molecule has 3 aliphatic rings. The Hall–Kier alpha value is -1.91. The van der Waals surface area contributed by atoms with Gasteiger partial charge in [-0.25, -0.2) is 0 Å². The Bertz CT molecular complexity index is 910. The van der Waals surface area contributed by atoms with Crippen LogP contribution in [0.25, 0.3) is 0 Å². The summed E-state index contributed by atoms with van der Waals surface area (Å²) in [4.78, 5) is 15.5. The molecule has 34 heavy (non-hydrogen) atoms. The predicted octanol–water partition coefficient (Wildman–Crippen LogP) is 2.81. The van der Waals surface area contributed by atoms with Gasteiger partial charge in [-0.1, -0.05) is 13.8 Å². The fraction of sp³-hybridized carbons (Fsp3) is 0.750. The minimum absolute atomic E-state index is 0.0254. The smallest absolute Gasteiger partial charge is 0.422 e. The van der Waals surface area contributed by atoms with Crippen LogP contribution >= 0.6 is 0 Å². The lowest BCUT2D eigenvalue weighted by Gasteiger charge is -2.39. The molecule has 1 saturated heterocycles. The second-order valence-corrected chi connectivity index (χ2v) is 10.2. The number of methoxy groups -OCH3 is 1. The first-order chi connectivity index (χ1) is 16.0. The minimum atomic E-state index is -4.61. The number of pyridine rings is 1. The molecule has 7 nitrogen and oxygen atoms in total. The van der Waals surface area contributed by atoms with Crippen LogP contribution in [0.4, 0.5) is 13.2 Å². The zero-order valence-corrected chi connectivity index (χ0v) is 20.0. The topological polar surface area (TPSA) is 77.7 Å². The Kier molecular flexibility index (Phi) is 7.13. The highest BCUT2D eigenvalue weighted by Gasteiger charge is 2.50. The van der Waals surface area contributed by atoms with E-state index in [1.54, 1.807) is 12.0 Å². The SMILES string of the molecule is COC1COCCC1N[C@@H]1CC[C@@](C(=O)N2CCc3c(cc(C(F)(F)F)c[n+]3[O-])C2)(C(C)C)C1. The molecule has 0 aromatic carbocycles. The summed E-state index contributed by atoms with van der Waals surface area (Å²) in [7, 11) is 1.68. The molecule has 10 heteroatoms. The maximum atomic E-state index is 13.8. The molecular formula is C24H34F3N3O4. The number of hydrogen-bond acceptors (Lipinski definition) is 5. The van der Waals surface area contributed by atoms with Crippen LogP contribution in [0.15, 0.2) is 12.3 Å². The van der Waals surface area contributed by atoms with Gasteiger partial charge >= 0.3 is 6.18 Å². The number of amides is 1. The van der Waals surface area contributed by atoms with Crippen molar-refractivity contribution >= 4 is 5.91 Å². The van der Waals surface area contributed by atoms with Crippen molar-refractivity contribution in [1.29, 1.82) is 0 Å². The highest BCUT2D eigenvalue weighted by Crippen LogP contribution is 2.47. The van der Waals surface area contributed by atoms with E-state index in [4.69, 9.17) is 9.47 Å². The summed E-state index contributed by atoms with van der Waals surface area (Å²) in [5.74, 6) is 0.0506. The summed E-state index contributed by atoms with van der Waals surface area (Å²) in [5.41, 5.74) is -0.978. The Morgan fingerprint density at radius 3 is 2.82 bits per heavy atom. The third kappa shape index (κ3) is 4.77. The minimum Gasteiger partial charge on any atom is -0.618 e. The molecule has 0 bridgehead atoms. The van der Waals surface area contributed by atoms with E-state index in [-0.39, 0.29) is 48.5 Å². The van der Waals surface area contributed by atoms with Crippen molar-refractivity contribution in [1.82, 2.24) is 10.2 Å². The third-order valence-corrected chi connectivity index (χ3v) is 7.95. The molecule has 2 aliphatic heterocycles. The van der Waals surface area contributed by atoms with E-state index in [0.29, 0.717) is 42.8 Å². The lowest BCUT2D eigenvalue weighted by molar-refractivity contribution is -0.616. The van der Waals surface area contributed by atoms with Crippen LogP contribution in [0.3, 0.4) is 0 Å². The van der Waals surface area contributed by atoms with E-state index < -0.39 is 17.2 Å². The molecule has 1 aromatic heterocycles. The van der Waals surface area contributed by atoms with Crippen LogP contribution < -0.4 is 10.0 Å². The predicted molar refractivity (Wildman–Crippen MR) is 118 cm³/mol. The number of rotatable bonds is 5. The molecule has 0 radical (unpaired) electrons. The van der Waals surface area contributed by atoms with Gasteiger partial charge in [-0.05, 0) is 37.7 Å². The normalized spacial score (nSPS) is 30.0. The number of ether oxygens (including phenoxy) is 2. The summed E-state index contributed by atoms with van der Waals surface area (Å²) in [5, 5.41) is 15.9. The molecule has 1 aliphatic carbocycles. The van der Waals surface area contributed by atoms with E-state index in [9.17, 15) is 23.2 Å². The molecule has 4 atom stereocenters. The number of aromatic nitrogens is 1. The van der Waals surface area contributed by atoms with E-state index in [2.05, 4.69) is 5.32 Å².